The molecular weight excluding hydrogens is 206 g/mol. The van der Waals surface area contributed by atoms with Crippen molar-refractivity contribution in [2.45, 2.75) is 52.5 Å². The Bertz CT molecular complexity index is 390. The zero-order chi connectivity index (χ0) is 12.5. The second-order valence-electron chi connectivity index (χ2n) is 5.04. The van der Waals surface area contributed by atoms with Crippen LogP contribution in [0.15, 0.2) is 0 Å². The number of carboxylic acid groups (broad SMARTS) is 1. The smallest absolute Gasteiger partial charge is 0.358 e. The van der Waals surface area contributed by atoms with E-state index in [1.54, 1.807) is 4.68 Å². The Morgan fingerprint density at radius 3 is 2.44 bits per heavy atom. The maximum atomic E-state index is 11.1. The van der Waals surface area contributed by atoms with Gasteiger partial charge in [0.05, 0.1) is 11.7 Å². The van der Waals surface area contributed by atoms with Crippen LogP contribution in [0.5, 0.6) is 0 Å². The van der Waals surface area contributed by atoms with E-state index in [2.05, 4.69) is 10.3 Å². The Morgan fingerprint density at radius 2 is 2.06 bits per heavy atom. The summed E-state index contributed by atoms with van der Waals surface area (Å²) in [6, 6.07) is 0.162. The lowest BCUT2D eigenvalue weighted by molar-refractivity contribution is 0.0687. The number of carbonyl (C=O) groups is 1. The normalized spacial score (nSPS) is 13.8. The monoisotopic (exact) mass is 225 g/mol. The molecule has 0 bridgehead atoms. The van der Waals surface area contributed by atoms with Crippen LogP contribution in [0.2, 0.25) is 0 Å². The van der Waals surface area contributed by atoms with Gasteiger partial charge in [-0.2, -0.15) is 0 Å². The minimum Gasteiger partial charge on any atom is -0.476 e. The van der Waals surface area contributed by atoms with Gasteiger partial charge in [0.15, 0.2) is 5.69 Å². The van der Waals surface area contributed by atoms with Crippen molar-refractivity contribution in [1.82, 2.24) is 15.0 Å². The Labute approximate surface area is 95.5 Å². The fourth-order valence-corrected chi connectivity index (χ4v) is 1.62. The SMILES string of the molecule is CCC(C)n1nnc(C(=O)O)c1C(C)(C)C. The molecule has 16 heavy (non-hydrogen) atoms. The topological polar surface area (TPSA) is 68.0 Å². The Balaban J connectivity index is 3.37. The molecule has 0 fully saturated rings. The minimum atomic E-state index is -1.01. The molecule has 1 unspecified atom stereocenters. The molecule has 0 spiro atoms. The standard InChI is InChI=1S/C11H19N3O2/c1-6-7(2)14-9(11(3,4)5)8(10(15)16)12-13-14/h7H,6H2,1-5H3,(H,15,16). The molecule has 0 aliphatic carbocycles. The first-order valence-electron chi connectivity index (χ1n) is 5.48. The van der Waals surface area contributed by atoms with Crippen LogP contribution in [0.4, 0.5) is 0 Å². The van der Waals surface area contributed by atoms with Crippen molar-refractivity contribution in [2.75, 3.05) is 0 Å². The number of aromatic nitrogens is 3. The third-order valence-electron chi connectivity index (χ3n) is 2.62. The molecule has 0 amide bonds. The number of hydrogen-bond donors (Lipinski definition) is 1. The van der Waals surface area contributed by atoms with Gasteiger partial charge < -0.3 is 5.11 Å². The molecule has 1 N–H and O–H groups in total. The van der Waals surface area contributed by atoms with E-state index in [0.29, 0.717) is 5.69 Å². The third-order valence-corrected chi connectivity index (χ3v) is 2.62. The van der Waals surface area contributed by atoms with Crippen molar-refractivity contribution in [3.8, 4) is 0 Å². The highest BCUT2D eigenvalue weighted by Gasteiger charge is 2.30. The van der Waals surface area contributed by atoms with Gasteiger partial charge in [0.25, 0.3) is 0 Å². The molecule has 0 aliphatic rings. The van der Waals surface area contributed by atoms with E-state index in [4.69, 9.17) is 5.11 Å². The molecule has 0 radical (unpaired) electrons. The fraction of sp³-hybridized carbons (Fsp3) is 0.727. The van der Waals surface area contributed by atoms with Crippen molar-refractivity contribution in [1.29, 1.82) is 0 Å². The highest BCUT2D eigenvalue weighted by molar-refractivity contribution is 5.86. The quantitative estimate of drug-likeness (QED) is 0.856. The van der Waals surface area contributed by atoms with Gasteiger partial charge in [-0.1, -0.05) is 32.9 Å². The second kappa shape index (κ2) is 4.23. The Hall–Kier alpha value is -1.39. The predicted octanol–water partition coefficient (Wildman–Crippen LogP) is 2.24. The van der Waals surface area contributed by atoms with Crippen LogP contribution in [0, 0.1) is 0 Å². The molecule has 1 aromatic rings. The van der Waals surface area contributed by atoms with Crippen molar-refractivity contribution in [3.05, 3.63) is 11.4 Å². The van der Waals surface area contributed by atoms with Gasteiger partial charge in [0.1, 0.15) is 0 Å². The molecule has 5 nitrogen and oxygen atoms in total. The summed E-state index contributed by atoms with van der Waals surface area (Å²) in [6.45, 7) is 9.96. The van der Waals surface area contributed by atoms with Gasteiger partial charge in [0, 0.05) is 5.41 Å². The van der Waals surface area contributed by atoms with Gasteiger partial charge >= 0.3 is 5.97 Å². The van der Waals surface area contributed by atoms with Crippen LogP contribution in [0.3, 0.4) is 0 Å². The van der Waals surface area contributed by atoms with Crippen LogP contribution in [-0.4, -0.2) is 26.1 Å². The summed E-state index contributed by atoms with van der Waals surface area (Å²) in [4.78, 5) is 11.1. The summed E-state index contributed by atoms with van der Waals surface area (Å²) in [5, 5.41) is 16.8. The van der Waals surface area contributed by atoms with E-state index >= 15 is 0 Å². The average Bonchev–Trinajstić information content (AvgIpc) is 2.59. The molecule has 5 heteroatoms. The Morgan fingerprint density at radius 1 is 1.50 bits per heavy atom. The lowest BCUT2D eigenvalue weighted by Crippen LogP contribution is -2.23. The van der Waals surface area contributed by atoms with Crippen LogP contribution in [-0.2, 0) is 5.41 Å². The summed E-state index contributed by atoms with van der Waals surface area (Å²) in [5.41, 5.74) is 0.475. The van der Waals surface area contributed by atoms with Gasteiger partial charge in [-0.15, -0.1) is 5.10 Å². The molecular formula is C11H19N3O2. The second-order valence-corrected chi connectivity index (χ2v) is 5.04. The molecule has 0 aromatic carbocycles. The summed E-state index contributed by atoms with van der Waals surface area (Å²) >= 11 is 0. The van der Waals surface area contributed by atoms with E-state index in [1.165, 1.54) is 0 Å². The first-order chi connectivity index (χ1) is 7.29. The molecule has 0 aliphatic heterocycles. The number of aromatic carboxylic acids is 1. The molecule has 1 heterocycles. The summed E-state index contributed by atoms with van der Waals surface area (Å²) in [5.74, 6) is -1.01. The maximum Gasteiger partial charge on any atom is 0.358 e. The lowest BCUT2D eigenvalue weighted by atomic mass is 9.90. The number of carboxylic acids is 1. The highest BCUT2D eigenvalue weighted by atomic mass is 16.4. The van der Waals surface area contributed by atoms with Crippen LogP contribution >= 0.6 is 0 Å². The highest BCUT2D eigenvalue weighted by Crippen LogP contribution is 2.27. The first kappa shape index (κ1) is 12.7. The minimum absolute atomic E-state index is 0.0628. The van der Waals surface area contributed by atoms with E-state index in [0.717, 1.165) is 6.42 Å². The maximum absolute atomic E-state index is 11.1. The third kappa shape index (κ3) is 2.23. The van der Waals surface area contributed by atoms with Gasteiger partial charge in [-0.25, -0.2) is 9.48 Å². The fourth-order valence-electron chi connectivity index (χ4n) is 1.62. The van der Waals surface area contributed by atoms with Gasteiger partial charge in [-0.3, -0.25) is 0 Å². The summed E-state index contributed by atoms with van der Waals surface area (Å²) in [7, 11) is 0. The number of rotatable bonds is 3. The van der Waals surface area contributed by atoms with Crippen LogP contribution in [0.25, 0.3) is 0 Å². The zero-order valence-corrected chi connectivity index (χ0v) is 10.5. The van der Waals surface area contributed by atoms with E-state index < -0.39 is 5.97 Å². The molecule has 1 rings (SSSR count). The van der Waals surface area contributed by atoms with Crippen molar-refractivity contribution < 1.29 is 9.90 Å². The zero-order valence-electron chi connectivity index (χ0n) is 10.5. The molecule has 1 atom stereocenters. The summed E-state index contributed by atoms with van der Waals surface area (Å²) in [6.07, 6.45) is 0.894. The van der Waals surface area contributed by atoms with Crippen molar-refractivity contribution >= 4 is 5.97 Å². The largest absolute Gasteiger partial charge is 0.476 e. The lowest BCUT2D eigenvalue weighted by Gasteiger charge is -2.23. The van der Waals surface area contributed by atoms with E-state index in [9.17, 15) is 4.79 Å². The van der Waals surface area contributed by atoms with Crippen LogP contribution in [0.1, 0.15) is 63.3 Å². The molecule has 0 saturated heterocycles. The molecule has 90 valence electrons. The molecule has 1 aromatic heterocycles. The van der Waals surface area contributed by atoms with E-state index in [1.807, 2.05) is 34.6 Å². The van der Waals surface area contributed by atoms with Crippen molar-refractivity contribution in [3.63, 3.8) is 0 Å². The predicted molar refractivity (Wildman–Crippen MR) is 60.7 cm³/mol. The van der Waals surface area contributed by atoms with E-state index in [-0.39, 0.29) is 17.2 Å². The van der Waals surface area contributed by atoms with Gasteiger partial charge in [-0.05, 0) is 13.3 Å². The Kier molecular flexibility index (Phi) is 3.35. The average molecular weight is 225 g/mol. The number of nitrogens with zero attached hydrogens (tertiary/aromatic N) is 3. The molecule has 0 saturated carbocycles. The van der Waals surface area contributed by atoms with Crippen molar-refractivity contribution in [2.24, 2.45) is 0 Å². The van der Waals surface area contributed by atoms with Crippen LogP contribution < -0.4 is 0 Å². The number of hydrogen-bond acceptors (Lipinski definition) is 3. The first-order valence-corrected chi connectivity index (χ1v) is 5.48. The summed E-state index contributed by atoms with van der Waals surface area (Å²) < 4.78 is 1.73. The van der Waals surface area contributed by atoms with Gasteiger partial charge in [0.2, 0.25) is 0 Å².